The summed E-state index contributed by atoms with van der Waals surface area (Å²) >= 11 is 5.09. The summed E-state index contributed by atoms with van der Waals surface area (Å²) in [7, 11) is 0. The van der Waals surface area contributed by atoms with Crippen LogP contribution in [0.1, 0.15) is 5.56 Å². The van der Waals surface area contributed by atoms with E-state index < -0.39 is 0 Å². The van der Waals surface area contributed by atoms with Crippen molar-refractivity contribution in [2.45, 2.75) is 0 Å². The van der Waals surface area contributed by atoms with Gasteiger partial charge in [-0.15, -0.1) is 0 Å². The van der Waals surface area contributed by atoms with E-state index in [0.29, 0.717) is 0 Å². The summed E-state index contributed by atoms with van der Waals surface area (Å²) in [6, 6.07) is 19.2. The lowest BCUT2D eigenvalue weighted by atomic mass is 10.2. The van der Waals surface area contributed by atoms with E-state index >= 15 is 0 Å². The van der Waals surface area contributed by atoms with Crippen LogP contribution in [0.2, 0.25) is 0 Å². The van der Waals surface area contributed by atoms with Gasteiger partial charge in [0.15, 0.2) is 0 Å². The Morgan fingerprint density at radius 3 is 2.29 bits per heavy atom. The van der Waals surface area contributed by atoms with Crippen molar-refractivity contribution in [3.8, 4) is 0 Å². The van der Waals surface area contributed by atoms with Gasteiger partial charge in [-0.05, 0) is 29.9 Å². The van der Waals surface area contributed by atoms with E-state index in [1.54, 1.807) is 6.21 Å². The number of benzene rings is 2. The van der Waals surface area contributed by atoms with Gasteiger partial charge in [-0.2, -0.15) is 10.1 Å². The van der Waals surface area contributed by atoms with E-state index in [9.17, 15) is 0 Å². The van der Waals surface area contributed by atoms with Crippen molar-refractivity contribution in [3.05, 3.63) is 66.2 Å². The number of para-hydroxylation sites is 1. The predicted octanol–water partition coefficient (Wildman–Crippen LogP) is 2.32. The number of hydrogen-bond acceptors (Lipinski definition) is 2. The number of aliphatic imine (C=N–C) groups is 1. The fourth-order valence-corrected chi connectivity index (χ4v) is 1.74. The molecule has 0 aliphatic heterocycles. The average Bonchev–Trinajstić information content (AvgIpc) is 2.49. The van der Waals surface area contributed by atoms with E-state index in [-0.39, 0.29) is 11.1 Å². The third-order valence-corrected chi connectivity index (χ3v) is 2.63. The zero-order chi connectivity index (χ0) is 14.9. The minimum atomic E-state index is 0.121. The van der Waals surface area contributed by atoms with Gasteiger partial charge in [-0.25, -0.2) is 5.43 Å². The zero-order valence-corrected chi connectivity index (χ0v) is 12.0. The molecule has 0 aromatic heterocycles. The first-order valence-corrected chi connectivity index (χ1v) is 6.69. The molecule has 5 nitrogen and oxygen atoms in total. The van der Waals surface area contributed by atoms with E-state index in [0.717, 1.165) is 11.3 Å². The monoisotopic (exact) mass is 297 g/mol. The van der Waals surface area contributed by atoms with Crippen LogP contribution in [-0.2, 0) is 0 Å². The Hall–Kier alpha value is -2.73. The van der Waals surface area contributed by atoms with Crippen LogP contribution in [0.4, 0.5) is 5.69 Å². The standard InChI is InChI=1S/C15H15N5S/c16-14(20-17-11-12-7-3-1-4-8-12)19-15(21)18-13-9-5-2-6-10-13/h1-11H,(H4,16,18,19,20,21)/b17-11+. The second kappa shape index (κ2) is 7.76. The molecule has 21 heavy (non-hydrogen) atoms. The lowest BCUT2D eigenvalue weighted by Crippen LogP contribution is -2.29. The maximum atomic E-state index is 5.69. The van der Waals surface area contributed by atoms with Gasteiger partial charge < -0.3 is 11.1 Å². The molecular formula is C15H15N5S. The van der Waals surface area contributed by atoms with E-state index in [2.05, 4.69) is 20.8 Å². The molecule has 0 aliphatic carbocycles. The van der Waals surface area contributed by atoms with Gasteiger partial charge in [0.2, 0.25) is 11.1 Å². The highest BCUT2D eigenvalue weighted by atomic mass is 32.1. The molecule has 0 fully saturated rings. The molecule has 0 unspecified atom stereocenters. The third-order valence-electron chi connectivity index (χ3n) is 2.44. The first-order valence-electron chi connectivity index (χ1n) is 6.28. The average molecular weight is 297 g/mol. The maximum Gasteiger partial charge on any atom is 0.216 e. The first kappa shape index (κ1) is 14.7. The minimum absolute atomic E-state index is 0.121. The van der Waals surface area contributed by atoms with Crippen LogP contribution in [0, 0.1) is 0 Å². The van der Waals surface area contributed by atoms with Gasteiger partial charge in [0.05, 0.1) is 6.21 Å². The summed E-state index contributed by atoms with van der Waals surface area (Å²) in [5.41, 5.74) is 10.1. The topological polar surface area (TPSA) is 74.8 Å². The summed E-state index contributed by atoms with van der Waals surface area (Å²) in [6.45, 7) is 0. The fraction of sp³-hybridized carbons (Fsp3) is 0. The van der Waals surface area contributed by atoms with Crippen molar-refractivity contribution >= 4 is 35.2 Å². The minimum Gasteiger partial charge on any atom is -0.368 e. The molecule has 0 amide bonds. The Kier molecular flexibility index (Phi) is 5.42. The quantitative estimate of drug-likeness (QED) is 0.352. The number of nitrogens with two attached hydrogens (primary N) is 1. The molecule has 0 spiro atoms. The van der Waals surface area contributed by atoms with Gasteiger partial charge in [0.25, 0.3) is 0 Å². The van der Waals surface area contributed by atoms with Crippen molar-refractivity contribution in [3.63, 3.8) is 0 Å². The Bertz CT molecular complexity index is 638. The summed E-state index contributed by atoms with van der Waals surface area (Å²) in [6.07, 6.45) is 1.65. The Balaban J connectivity index is 1.86. The predicted molar refractivity (Wildman–Crippen MR) is 91.5 cm³/mol. The number of rotatable bonds is 3. The first-order chi connectivity index (χ1) is 10.2. The Morgan fingerprint density at radius 1 is 1.00 bits per heavy atom. The van der Waals surface area contributed by atoms with Gasteiger partial charge in [-0.1, -0.05) is 48.5 Å². The van der Waals surface area contributed by atoms with E-state index in [4.69, 9.17) is 18.0 Å². The summed E-state index contributed by atoms with van der Waals surface area (Å²) in [5, 5.41) is 7.20. The fourth-order valence-electron chi connectivity index (χ4n) is 1.52. The van der Waals surface area contributed by atoms with Crippen LogP contribution in [0.5, 0.6) is 0 Å². The lowest BCUT2D eigenvalue weighted by Gasteiger charge is -2.04. The van der Waals surface area contributed by atoms with Gasteiger partial charge in [0.1, 0.15) is 0 Å². The molecule has 0 saturated heterocycles. The van der Waals surface area contributed by atoms with Crippen LogP contribution < -0.4 is 16.5 Å². The molecule has 0 atom stereocenters. The SMILES string of the molecule is NC(=NC(=S)Nc1ccccc1)N/N=C/c1ccccc1. The molecule has 6 heteroatoms. The van der Waals surface area contributed by atoms with Crippen LogP contribution >= 0.6 is 12.2 Å². The summed E-state index contributed by atoms with van der Waals surface area (Å²) in [4.78, 5) is 3.99. The molecule has 0 heterocycles. The highest BCUT2D eigenvalue weighted by Gasteiger charge is 1.96. The van der Waals surface area contributed by atoms with Crippen molar-refractivity contribution < 1.29 is 0 Å². The molecule has 0 aliphatic rings. The molecule has 2 rings (SSSR count). The molecule has 0 radical (unpaired) electrons. The van der Waals surface area contributed by atoms with Crippen molar-refractivity contribution in [2.75, 3.05) is 5.32 Å². The number of hydrazone groups is 1. The highest BCUT2D eigenvalue weighted by Crippen LogP contribution is 2.05. The van der Waals surface area contributed by atoms with Crippen LogP contribution in [0.25, 0.3) is 0 Å². The van der Waals surface area contributed by atoms with Gasteiger partial charge in [-0.3, -0.25) is 0 Å². The number of nitrogens with one attached hydrogen (secondary N) is 2. The molecule has 2 aromatic carbocycles. The molecule has 0 saturated carbocycles. The Morgan fingerprint density at radius 2 is 1.62 bits per heavy atom. The summed E-state index contributed by atoms with van der Waals surface area (Å²) in [5.74, 6) is 0.121. The second-order valence-electron chi connectivity index (χ2n) is 4.07. The van der Waals surface area contributed by atoms with Crippen LogP contribution in [0.3, 0.4) is 0 Å². The van der Waals surface area contributed by atoms with Crippen molar-refractivity contribution in [2.24, 2.45) is 15.8 Å². The number of hydrogen-bond donors (Lipinski definition) is 3. The van der Waals surface area contributed by atoms with Gasteiger partial charge >= 0.3 is 0 Å². The van der Waals surface area contributed by atoms with E-state index in [1.807, 2.05) is 60.7 Å². The molecule has 4 N–H and O–H groups in total. The number of thiocarbonyl (C=S) groups is 1. The molecule has 106 valence electrons. The normalized spacial score (nSPS) is 11.3. The highest BCUT2D eigenvalue weighted by molar-refractivity contribution is 7.80. The second-order valence-corrected chi connectivity index (χ2v) is 4.46. The third kappa shape index (κ3) is 5.42. The van der Waals surface area contributed by atoms with Crippen LogP contribution in [-0.4, -0.2) is 17.3 Å². The zero-order valence-electron chi connectivity index (χ0n) is 11.2. The number of guanidine groups is 1. The number of nitrogens with zero attached hydrogens (tertiary/aromatic N) is 2. The number of anilines is 1. The maximum absolute atomic E-state index is 5.69. The van der Waals surface area contributed by atoms with Crippen LogP contribution in [0.15, 0.2) is 70.8 Å². The van der Waals surface area contributed by atoms with E-state index in [1.165, 1.54) is 0 Å². The smallest absolute Gasteiger partial charge is 0.216 e. The Labute approximate surface area is 128 Å². The largest absolute Gasteiger partial charge is 0.368 e. The molecular weight excluding hydrogens is 282 g/mol. The molecule has 2 aromatic rings. The lowest BCUT2D eigenvalue weighted by molar-refractivity contribution is 1.02. The summed E-state index contributed by atoms with van der Waals surface area (Å²) < 4.78 is 0. The molecule has 0 bridgehead atoms. The van der Waals surface area contributed by atoms with Crippen molar-refractivity contribution in [1.29, 1.82) is 0 Å². The van der Waals surface area contributed by atoms with Crippen molar-refractivity contribution in [1.82, 2.24) is 5.43 Å². The van der Waals surface area contributed by atoms with Gasteiger partial charge in [0, 0.05) is 5.69 Å².